The Morgan fingerprint density at radius 1 is 1.20 bits per heavy atom. The van der Waals surface area contributed by atoms with E-state index in [1.165, 1.54) is 16.2 Å². The molecule has 4 saturated heterocycles. The van der Waals surface area contributed by atoms with Gasteiger partial charge < -0.3 is 30.1 Å². The zero-order valence-electron chi connectivity index (χ0n) is 22.5. The topological polar surface area (TPSA) is 137 Å². The van der Waals surface area contributed by atoms with Crippen LogP contribution in [0.2, 0.25) is 0 Å². The number of hydrogen-bond acceptors (Lipinski definition) is 12. The first-order valence-corrected chi connectivity index (χ1v) is 15.1. The van der Waals surface area contributed by atoms with Crippen LogP contribution in [0.3, 0.4) is 0 Å². The second kappa shape index (κ2) is 9.94. The first kappa shape index (κ1) is 26.1. The molecule has 4 aliphatic heterocycles. The van der Waals surface area contributed by atoms with Gasteiger partial charge in [0, 0.05) is 49.5 Å². The second-order valence-corrected chi connectivity index (χ2v) is 13.1. The number of aryl methyl sites for hydroxylation is 1. The number of hydrogen-bond donors (Lipinski definition) is 2. The van der Waals surface area contributed by atoms with Crippen molar-refractivity contribution in [3.8, 4) is 12.1 Å². The average molecular weight is 571 g/mol. The molecule has 0 bridgehead atoms. The summed E-state index contributed by atoms with van der Waals surface area (Å²) in [6.45, 7) is 4.59. The quantitative estimate of drug-likeness (QED) is 0.524. The van der Waals surface area contributed by atoms with Gasteiger partial charge in [-0.3, -0.25) is 4.90 Å². The maximum atomic E-state index is 14.4. The molecular weight excluding hydrogens is 535 g/mol. The molecule has 3 atom stereocenters. The first-order valence-electron chi connectivity index (χ1n) is 14.2. The molecule has 0 radical (unpaired) electrons. The van der Waals surface area contributed by atoms with E-state index in [9.17, 15) is 14.8 Å². The largest absolute Gasteiger partial charge is 0.461 e. The Bertz CT molecular complexity index is 1330. The van der Waals surface area contributed by atoms with Crippen molar-refractivity contribution in [1.29, 1.82) is 5.26 Å². The highest BCUT2D eigenvalue weighted by Crippen LogP contribution is 2.52. The maximum Gasteiger partial charge on any atom is 0.323 e. The lowest BCUT2D eigenvalue weighted by atomic mass is 9.74. The van der Waals surface area contributed by atoms with Gasteiger partial charge in [0.05, 0.1) is 30.4 Å². The van der Waals surface area contributed by atoms with Crippen LogP contribution in [0.15, 0.2) is 0 Å². The van der Waals surface area contributed by atoms with E-state index in [0.29, 0.717) is 74.9 Å². The minimum absolute atomic E-state index is 0.0840. The van der Waals surface area contributed by atoms with Crippen LogP contribution in [0, 0.1) is 11.3 Å². The number of thiophene rings is 1. The molecule has 2 aromatic rings. The fourth-order valence-electron chi connectivity index (χ4n) is 7.53. The number of nitrogens with zero attached hydrogens (tertiary/aromatic N) is 7. The summed E-state index contributed by atoms with van der Waals surface area (Å²) < 4.78 is 26.3. The fourth-order valence-corrected chi connectivity index (χ4v) is 8.67. The summed E-state index contributed by atoms with van der Waals surface area (Å²) in [5.41, 5.74) is 7.45. The molecule has 13 heteroatoms. The van der Waals surface area contributed by atoms with E-state index >= 15 is 0 Å². The number of aliphatic hydroxyl groups is 1. The summed E-state index contributed by atoms with van der Waals surface area (Å²) in [5, 5.41) is 20.5. The summed E-state index contributed by atoms with van der Waals surface area (Å²) >= 11 is 1.53. The molecule has 0 unspecified atom stereocenters. The minimum atomic E-state index is -0.839. The average Bonchev–Trinajstić information content (AvgIpc) is 3.59. The van der Waals surface area contributed by atoms with Crippen LogP contribution in [-0.4, -0.2) is 102 Å². The fraction of sp³-hybridized carbons (Fsp3) is 0.704. The Balaban J connectivity index is 1.18. The molecule has 6 heterocycles. The number of nitriles is 1. The molecule has 2 aromatic heterocycles. The highest BCUT2D eigenvalue weighted by atomic mass is 32.1. The maximum absolute atomic E-state index is 14.4. The Morgan fingerprint density at radius 3 is 2.88 bits per heavy atom. The summed E-state index contributed by atoms with van der Waals surface area (Å²) in [7, 11) is 0. The normalized spacial score (nSPS) is 29.2. The van der Waals surface area contributed by atoms with Gasteiger partial charge >= 0.3 is 6.01 Å². The second-order valence-electron chi connectivity index (χ2n) is 11.9. The molecule has 11 nitrogen and oxygen atoms in total. The lowest BCUT2D eigenvalue weighted by Gasteiger charge is -2.48. The molecule has 3 N–H and O–H groups in total. The van der Waals surface area contributed by atoms with Gasteiger partial charge in [-0.2, -0.15) is 20.2 Å². The molecule has 1 spiro atoms. The molecule has 40 heavy (non-hydrogen) atoms. The molecule has 7 rings (SSSR count). The van der Waals surface area contributed by atoms with Gasteiger partial charge in [-0.15, -0.1) is 11.3 Å². The number of anilines is 3. The van der Waals surface area contributed by atoms with Gasteiger partial charge in [0.25, 0.3) is 0 Å². The number of nitrogens with two attached hydrogens (primary N) is 1. The third-order valence-corrected chi connectivity index (χ3v) is 10.6. The molecule has 1 aliphatic carbocycles. The number of fused-ring (bicyclic) bond motifs is 3. The van der Waals surface area contributed by atoms with Crippen LogP contribution in [0.5, 0.6) is 6.01 Å². The number of nitrogen functional groups attached to an aromatic ring is 1. The molecule has 0 amide bonds. The van der Waals surface area contributed by atoms with Crippen molar-refractivity contribution in [2.75, 3.05) is 74.7 Å². The van der Waals surface area contributed by atoms with Gasteiger partial charge in [-0.1, -0.05) is 0 Å². The minimum Gasteiger partial charge on any atom is -0.461 e. The SMILES string of the molecule is N#Cc1c(N)sc2c1C1(CC2)CN(c2nc(OC[C@@]34CCCN3C[C@H](F)C4)nc(N3CCCOC[C@H]3CO)n2)C1. The van der Waals surface area contributed by atoms with E-state index in [4.69, 9.17) is 30.2 Å². The van der Waals surface area contributed by atoms with Crippen molar-refractivity contribution in [2.24, 2.45) is 0 Å². The van der Waals surface area contributed by atoms with Gasteiger partial charge in [0.15, 0.2) is 0 Å². The highest BCUT2D eigenvalue weighted by molar-refractivity contribution is 7.16. The highest BCUT2D eigenvalue weighted by Gasteiger charge is 2.52. The first-order chi connectivity index (χ1) is 19.4. The Labute approximate surface area is 236 Å². The predicted octanol–water partition coefficient (Wildman–Crippen LogP) is 1.63. The van der Waals surface area contributed by atoms with Gasteiger partial charge in [0.1, 0.15) is 23.8 Å². The number of aliphatic hydroxyl groups excluding tert-OH is 1. The van der Waals surface area contributed by atoms with E-state index in [2.05, 4.69) is 15.9 Å². The van der Waals surface area contributed by atoms with Crippen LogP contribution in [-0.2, 0) is 16.6 Å². The van der Waals surface area contributed by atoms with Crippen molar-refractivity contribution in [3.05, 3.63) is 16.0 Å². The van der Waals surface area contributed by atoms with Crippen LogP contribution < -0.4 is 20.3 Å². The summed E-state index contributed by atoms with van der Waals surface area (Å²) in [5.74, 6) is 0.962. The molecule has 214 valence electrons. The van der Waals surface area contributed by atoms with Crippen LogP contribution in [0.4, 0.5) is 21.3 Å². The Kier molecular flexibility index (Phi) is 6.49. The number of rotatable bonds is 6. The monoisotopic (exact) mass is 570 g/mol. The summed E-state index contributed by atoms with van der Waals surface area (Å²) in [4.78, 5) is 21.8. The number of alkyl halides is 1. The zero-order valence-corrected chi connectivity index (χ0v) is 23.3. The molecular formula is C27H35FN8O3S. The zero-order chi connectivity index (χ0) is 27.5. The number of ether oxygens (including phenoxy) is 2. The molecule has 4 fully saturated rings. The van der Waals surface area contributed by atoms with Crippen molar-refractivity contribution in [2.45, 2.75) is 61.7 Å². The smallest absolute Gasteiger partial charge is 0.323 e. The predicted molar refractivity (Wildman–Crippen MR) is 148 cm³/mol. The van der Waals surface area contributed by atoms with E-state index in [1.807, 2.05) is 4.90 Å². The third kappa shape index (κ3) is 4.19. The third-order valence-electron chi connectivity index (χ3n) is 9.48. The van der Waals surface area contributed by atoms with E-state index in [1.54, 1.807) is 0 Å². The van der Waals surface area contributed by atoms with E-state index in [0.717, 1.165) is 44.2 Å². The molecule has 0 saturated carbocycles. The van der Waals surface area contributed by atoms with Crippen molar-refractivity contribution in [1.82, 2.24) is 19.9 Å². The van der Waals surface area contributed by atoms with E-state index < -0.39 is 6.17 Å². The summed E-state index contributed by atoms with van der Waals surface area (Å²) in [6, 6.07) is 2.27. The van der Waals surface area contributed by atoms with Crippen molar-refractivity contribution in [3.63, 3.8) is 0 Å². The van der Waals surface area contributed by atoms with Gasteiger partial charge in [-0.05, 0) is 44.2 Å². The Hall–Kier alpha value is -2.79. The van der Waals surface area contributed by atoms with Crippen LogP contribution in [0.25, 0.3) is 0 Å². The standard InChI is InChI=1S/C27H35FN8O3S/c28-17-9-27(4-1-6-35(27)11-17)16-39-25-32-23(31-24(33-25)36-7-2-8-38-13-18(36)12-37)34-14-26(15-34)5-3-20-21(26)19(10-29)22(30)40-20/h17-18,37H,1-9,11-16,30H2/t17-,18-,27+/m1/s1. The molecule has 5 aliphatic rings. The number of halogens is 1. The summed E-state index contributed by atoms with van der Waals surface area (Å²) in [6.07, 6.45) is 4.25. The van der Waals surface area contributed by atoms with Crippen molar-refractivity contribution >= 4 is 28.2 Å². The van der Waals surface area contributed by atoms with Crippen LogP contribution >= 0.6 is 11.3 Å². The lowest BCUT2D eigenvalue weighted by molar-refractivity contribution is 0.106. The van der Waals surface area contributed by atoms with Crippen molar-refractivity contribution < 1.29 is 19.0 Å². The Morgan fingerprint density at radius 2 is 2.05 bits per heavy atom. The van der Waals surface area contributed by atoms with Gasteiger partial charge in [-0.25, -0.2) is 4.39 Å². The molecule has 0 aromatic carbocycles. The van der Waals surface area contributed by atoms with Crippen LogP contribution in [0.1, 0.15) is 48.1 Å². The lowest BCUT2D eigenvalue weighted by Crippen LogP contribution is -2.59. The van der Waals surface area contributed by atoms with E-state index in [-0.39, 0.29) is 29.6 Å². The number of aromatic nitrogens is 3. The van der Waals surface area contributed by atoms with Gasteiger partial charge in [0.2, 0.25) is 11.9 Å².